The number of amides is 3. The molecule has 5 rings (SSSR count). The molecule has 2 aromatic carbocycles. The van der Waals surface area contributed by atoms with E-state index in [4.69, 9.17) is 0 Å². The average molecular weight is 423 g/mol. The molecular weight excluding hydrogens is 396 g/mol. The van der Waals surface area contributed by atoms with Crippen LogP contribution in [0.4, 0.5) is 16.2 Å². The van der Waals surface area contributed by atoms with Crippen molar-refractivity contribution >= 4 is 35.1 Å². The summed E-state index contributed by atoms with van der Waals surface area (Å²) in [5.41, 5.74) is 2.92. The largest absolute Gasteiger partial charge is 0.340 e. The van der Waals surface area contributed by atoms with Gasteiger partial charge in [-0.05, 0) is 69.1 Å². The van der Waals surface area contributed by atoms with Gasteiger partial charge in [0.15, 0.2) is 0 Å². The lowest BCUT2D eigenvalue weighted by atomic mass is 9.88. The van der Waals surface area contributed by atoms with Gasteiger partial charge < -0.3 is 15.5 Å². The second kappa shape index (κ2) is 7.63. The first-order valence-corrected chi connectivity index (χ1v) is 11.4. The molecule has 2 saturated heterocycles. The zero-order valence-electron chi connectivity index (χ0n) is 17.1. The van der Waals surface area contributed by atoms with Gasteiger partial charge in [0.2, 0.25) is 0 Å². The van der Waals surface area contributed by atoms with E-state index >= 15 is 0 Å². The van der Waals surface area contributed by atoms with E-state index in [0.717, 1.165) is 26.1 Å². The molecule has 0 aromatic heterocycles. The molecule has 0 aliphatic carbocycles. The van der Waals surface area contributed by atoms with Gasteiger partial charge in [0.1, 0.15) is 5.54 Å². The summed E-state index contributed by atoms with van der Waals surface area (Å²) in [4.78, 5) is 31.8. The average Bonchev–Trinajstić information content (AvgIpc) is 2.97. The number of piperidine rings is 1. The first kappa shape index (κ1) is 19.5. The van der Waals surface area contributed by atoms with Crippen molar-refractivity contribution < 1.29 is 9.59 Å². The van der Waals surface area contributed by atoms with Gasteiger partial charge in [-0.3, -0.25) is 9.69 Å². The van der Waals surface area contributed by atoms with E-state index in [1.807, 2.05) is 0 Å². The van der Waals surface area contributed by atoms with E-state index in [9.17, 15) is 9.59 Å². The van der Waals surface area contributed by atoms with Crippen molar-refractivity contribution in [2.24, 2.45) is 0 Å². The van der Waals surface area contributed by atoms with E-state index in [1.54, 1.807) is 11.8 Å². The Kier molecular flexibility index (Phi) is 4.95. The summed E-state index contributed by atoms with van der Waals surface area (Å²) in [7, 11) is 0. The number of carbonyl (C=O) groups is 2. The fourth-order valence-electron chi connectivity index (χ4n) is 4.64. The number of nitrogens with zero attached hydrogens (tertiary/aromatic N) is 2. The standard InChI is InChI=1S/C23H26N4O2S/c1-16-7-8-20-18(15-16)26(17-5-2-3-6-19(17)30-20)13-4-14-27-21(28)23(25-22(27)29)9-11-24-12-10-23/h2-3,5-8,15,24H,4,9-14H2,1H3,(H,25,29). The van der Waals surface area contributed by atoms with E-state index in [0.29, 0.717) is 19.4 Å². The Morgan fingerprint density at radius 3 is 2.53 bits per heavy atom. The van der Waals surface area contributed by atoms with Gasteiger partial charge in [-0.15, -0.1) is 0 Å². The quantitative estimate of drug-likeness (QED) is 0.736. The van der Waals surface area contributed by atoms with Crippen molar-refractivity contribution in [2.45, 2.75) is 41.5 Å². The summed E-state index contributed by atoms with van der Waals surface area (Å²) in [6.07, 6.45) is 2.05. The highest BCUT2D eigenvalue weighted by molar-refractivity contribution is 7.99. The lowest BCUT2D eigenvalue weighted by Crippen LogP contribution is -2.53. The summed E-state index contributed by atoms with van der Waals surface area (Å²) < 4.78 is 0. The monoisotopic (exact) mass is 422 g/mol. The van der Waals surface area contributed by atoms with Crippen LogP contribution in [0.5, 0.6) is 0 Å². The molecule has 3 aliphatic heterocycles. The van der Waals surface area contributed by atoms with Crippen LogP contribution in [0.25, 0.3) is 0 Å². The van der Waals surface area contributed by atoms with Gasteiger partial charge in [-0.2, -0.15) is 0 Å². The molecule has 156 valence electrons. The molecule has 7 heteroatoms. The van der Waals surface area contributed by atoms with Crippen LogP contribution in [-0.2, 0) is 4.79 Å². The molecule has 3 amide bonds. The minimum absolute atomic E-state index is 0.0557. The van der Waals surface area contributed by atoms with Gasteiger partial charge in [0, 0.05) is 22.9 Å². The molecule has 6 nitrogen and oxygen atoms in total. The number of fused-ring (bicyclic) bond motifs is 2. The molecule has 30 heavy (non-hydrogen) atoms. The molecule has 0 radical (unpaired) electrons. The van der Waals surface area contributed by atoms with E-state index in [2.05, 4.69) is 64.9 Å². The minimum atomic E-state index is -0.694. The summed E-state index contributed by atoms with van der Waals surface area (Å²) in [6.45, 7) is 4.82. The topological polar surface area (TPSA) is 64.7 Å². The molecule has 3 aliphatic rings. The normalized spacial score (nSPS) is 19.6. The van der Waals surface area contributed by atoms with Gasteiger partial charge in [0.25, 0.3) is 5.91 Å². The molecule has 0 atom stereocenters. The lowest BCUT2D eigenvalue weighted by Gasteiger charge is -2.33. The highest BCUT2D eigenvalue weighted by Gasteiger charge is 2.51. The van der Waals surface area contributed by atoms with Crippen LogP contribution in [0, 0.1) is 6.92 Å². The Morgan fingerprint density at radius 1 is 0.967 bits per heavy atom. The predicted molar refractivity (Wildman–Crippen MR) is 118 cm³/mol. The smallest absolute Gasteiger partial charge is 0.325 e. The third-order valence-electron chi connectivity index (χ3n) is 6.25. The third-order valence-corrected chi connectivity index (χ3v) is 7.38. The number of aryl methyl sites for hydroxylation is 1. The Hall–Kier alpha value is -2.51. The number of hydrogen-bond donors (Lipinski definition) is 2. The van der Waals surface area contributed by atoms with Crippen molar-refractivity contribution in [1.29, 1.82) is 0 Å². The fraction of sp³-hybridized carbons (Fsp3) is 0.391. The van der Waals surface area contributed by atoms with Gasteiger partial charge >= 0.3 is 6.03 Å². The van der Waals surface area contributed by atoms with Crippen LogP contribution in [0.3, 0.4) is 0 Å². The van der Waals surface area contributed by atoms with Crippen molar-refractivity contribution in [3.63, 3.8) is 0 Å². The Labute approximate surface area is 181 Å². The summed E-state index contributed by atoms with van der Waals surface area (Å²) >= 11 is 1.79. The molecular formula is C23H26N4O2S. The van der Waals surface area contributed by atoms with Crippen molar-refractivity contribution in [1.82, 2.24) is 15.5 Å². The number of hydrogen-bond acceptors (Lipinski definition) is 5. The first-order valence-electron chi connectivity index (χ1n) is 10.6. The molecule has 0 bridgehead atoms. The van der Waals surface area contributed by atoms with Crippen molar-refractivity contribution in [2.75, 3.05) is 31.1 Å². The van der Waals surface area contributed by atoms with Crippen molar-refractivity contribution in [3.8, 4) is 0 Å². The third kappa shape index (κ3) is 3.26. The maximum absolute atomic E-state index is 13.0. The summed E-state index contributed by atoms with van der Waals surface area (Å²) in [6, 6.07) is 14.7. The van der Waals surface area contributed by atoms with E-state index in [1.165, 1.54) is 31.6 Å². The fourth-order valence-corrected chi connectivity index (χ4v) is 5.71. The Balaban J connectivity index is 1.33. The molecule has 2 aromatic rings. The maximum Gasteiger partial charge on any atom is 0.325 e. The number of carbonyl (C=O) groups excluding carboxylic acids is 2. The number of rotatable bonds is 4. The van der Waals surface area contributed by atoms with Crippen LogP contribution in [-0.4, -0.2) is 48.6 Å². The Morgan fingerprint density at radius 2 is 1.70 bits per heavy atom. The first-order chi connectivity index (χ1) is 14.6. The van der Waals surface area contributed by atoms with Crippen LogP contribution in [0.2, 0.25) is 0 Å². The zero-order chi connectivity index (χ0) is 20.7. The maximum atomic E-state index is 13.0. The van der Waals surface area contributed by atoms with Crippen LogP contribution in [0.15, 0.2) is 52.3 Å². The van der Waals surface area contributed by atoms with Gasteiger partial charge in [0.05, 0.1) is 11.4 Å². The second-order valence-corrected chi connectivity index (χ2v) is 9.35. The van der Waals surface area contributed by atoms with E-state index in [-0.39, 0.29) is 11.9 Å². The van der Waals surface area contributed by atoms with Crippen LogP contribution in [0.1, 0.15) is 24.8 Å². The molecule has 3 heterocycles. The number of benzene rings is 2. The van der Waals surface area contributed by atoms with Gasteiger partial charge in [-0.1, -0.05) is 30.0 Å². The van der Waals surface area contributed by atoms with E-state index < -0.39 is 5.54 Å². The number of imide groups is 1. The number of urea groups is 1. The SMILES string of the molecule is Cc1ccc2c(c1)N(CCCN1C(=O)NC3(CCNCC3)C1=O)c1ccccc1S2. The number of para-hydroxylation sites is 1. The van der Waals surface area contributed by atoms with Gasteiger partial charge in [-0.25, -0.2) is 4.79 Å². The highest BCUT2D eigenvalue weighted by atomic mass is 32.2. The summed E-state index contributed by atoms with van der Waals surface area (Å²) in [5.74, 6) is -0.0557. The number of anilines is 2. The predicted octanol–water partition coefficient (Wildman–Crippen LogP) is 3.66. The van der Waals surface area contributed by atoms with Crippen LogP contribution >= 0.6 is 11.8 Å². The summed E-state index contributed by atoms with van der Waals surface area (Å²) in [5, 5.41) is 6.24. The molecule has 2 fully saturated rings. The lowest BCUT2D eigenvalue weighted by molar-refractivity contribution is -0.132. The molecule has 1 spiro atoms. The number of nitrogens with one attached hydrogen (secondary N) is 2. The van der Waals surface area contributed by atoms with Crippen LogP contribution < -0.4 is 15.5 Å². The van der Waals surface area contributed by atoms with Crippen molar-refractivity contribution in [3.05, 3.63) is 48.0 Å². The molecule has 0 unspecified atom stereocenters. The molecule has 2 N–H and O–H groups in total. The highest BCUT2D eigenvalue weighted by Crippen LogP contribution is 2.48. The Bertz CT molecular complexity index is 1000. The molecule has 0 saturated carbocycles. The zero-order valence-corrected chi connectivity index (χ0v) is 17.9. The minimum Gasteiger partial charge on any atom is -0.340 e. The second-order valence-electron chi connectivity index (χ2n) is 8.27.